The summed E-state index contributed by atoms with van der Waals surface area (Å²) in [6.45, 7) is 4.15. The van der Waals surface area contributed by atoms with Gasteiger partial charge in [0, 0.05) is 6.61 Å². The van der Waals surface area contributed by atoms with Crippen LogP contribution in [0.5, 0.6) is 0 Å². The Morgan fingerprint density at radius 2 is 2.12 bits per heavy atom. The predicted octanol–water partition coefficient (Wildman–Crippen LogP) is 1.83. The second kappa shape index (κ2) is 5.90. The highest BCUT2D eigenvalue weighted by atomic mass is 32.1. The first-order chi connectivity index (χ1) is 8.31. The molecule has 0 aromatic carbocycles. The number of anilines is 1. The molecule has 0 bridgehead atoms. The number of nitrogen functional groups attached to an aromatic ring is 1. The summed E-state index contributed by atoms with van der Waals surface area (Å²) in [5.74, 6) is 1.13. The van der Waals surface area contributed by atoms with Crippen molar-refractivity contribution in [1.29, 1.82) is 0 Å². The van der Waals surface area contributed by atoms with Gasteiger partial charge in [-0.25, -0.2) is 9.97 Å². The van der Waals surface area contributed by atoms with Crippen LogP contribution in [-0.2, 0) is 16.1 Å². The maximum Gasteiger partial charge on any atom is 0.158 e. The lowest BCUT2D eigenvalue weighted by atomic mass is 10.4. The van der Waals surface area contributed by atoms with Gasteiger partial charge in [-0.1, -0.05) is 0 Å². The van der Waals surface area contributed by atoms with Crippen LogP contribution in [0.2, 0.25) is 0 Å². The maximum absolute atomic E-state index is 5.83. The summed E-state index contributed by atoms with van der Waals surface area (Å²) < 4.78 is 10.6. The second-order valence-corrected chi connectivity index (χ2v) is 4.31. The van der Waals surface area contributed by atoms with E-state index in [0.717, 1.165) is 10.2 Å². The fourth-order valence-electron chi connectivity index (χ4n) is 1.41. The number of thiophene rings is 1. The molecular formula is C11H15N3O2S. The van der Waals surface area contributed by atoms with E-state index in [-0.39, 0.29) is 0 Å². The molecule has 5 nitrogen and oxygen atoms in total. The van der Waals surface area contributed by atoms with Crippen LogP contribution in [0.3, 0.4) is 0 Å². The lowest BCUT2D eigenvalue weighted by Gasteiger charge is -2.04. The molecule has 0 amide bonds. The molecule has 2 aromatic rings. The van der Waals surface area contributed by atoms with Gasteiger partial charge in [-0.2, -0.15) is 0 Å². The fourth-order valence-corrected chi connectivity index (χ4v) is 2.21. The summed E-state index contributed by atoms with van der Waals surface area (Å²) in [7, 11) is 0. The number of fused-ring (bicyclic) bond motifs is 1. The van der Waals surface area contributed by atoms with Crippen LogP contribution in [0.15, 0.2) is 11.4 Å². The Labute approximate surface area is 104 Å². The van der Waals surface area contributed by atoms with Crippen molar-refractivity contribution < 1.29 is 9.47 Å². The molecule has 17 heavy (non-hydrogen) atoms. The quantitative estimate of drug-likeness (QED) is 0.795. The fraction of sp³-hybridized carbons (Fsp3) is 0.455. The molecule has 2 rings (SSSR count). The van der Waals surface area contributed by atoms with Gasteiger partial charge >= 0.3 is 0 Å². The molecule has 0 radical (unpaired) electrons. The van der Waals surface area contributed by atoms with Crippen LogP contribution in [0.25, 0.3) is 10.2 Å². The normalized spacial score (nSPS) is 11.1. The van der Waals surface area contributed by atoms with Gasteiger partial charge < -0.3 is 15.2 Å². The number of hydrogen-bond donors (Lipinski definition) is 1. The first-order valence-corrected chi connectivity index (χ1v) is 6.34. The van der Waals surface area contributed by atoms with Gasteiger partial charge in [0.2, 0.25) is 0 Å². The lowest BCUT2D eigenvalue weighted by Crippen LogP contribution is -2.07. The molecular weight excluding hydrogens is 238 g/mol. The van der Waals surface area contributed by atoms with E-state index in [4.69, 9.17) is 15.2 Å². The summed E-state index contributed by atoms with van der Waals surface area (Å²) in [5.41, 5.74) is 5.83. The van der Waals surface area contributed by atoms with Crippen LogP contribution < -0.4 is 5.73 Å². The van der Waals surface area contributed by atoms with Crippen LogP contribution >= 0.6 is 11.3 Å². The molecule has 0 aliphatic carbocycles. The van der Waals surface area contributed by atoms with E-state index in [2.05, 4.69) is 9.97 Å². The van der Waals surface area contributed by atoms with Crippen molar-refractivity contribution in [3.63, 3.8) is 0 Å². The van der Waals surface area contributed by atoms with E-state index in [1.54, 1.807) is 11.3 Å². The molecule has 0 saturated heterocycles. The van der Waals surface area contributed by atoms with Gasteiger partial charge in [-0.3, -0.25) is 0 Å². The number of ether oxygens (including phenoxy) is 2. The van der Waals surface area contributed by atoms with Crippen molar-refractivity contribution in [2.75, 3.05) is 25.6 Å². The van der Waals surface area contributed by atoms with Gasteiger partial charge in [-0.05, 0) is 18.4 Å². The van der Waals surface area contributed by atoms with E-state index >= 15 is 0 Å². The van der Waals surface area contributed by atoms with Crippen molar-refractivity contribution in [2.45, 2.75) is 13.5 Å². The Morgan fingerprint density at radius 1 is 1.29 bits per heavy atom. The van der Waals surface area contributed by atoms with Crippen molar-refractivity contribution in [2.24, 2.45) is 0 Å². The number of nitrogens with zero attached hydrogens (tertiary/aromatic N) is 2. The summed E-state index contributed by atoms with van der Waals surface area (Å²) in [4.78, 5) is 9.48. The Balaban J connectivity index is 1.94. The van der Waals surface area contributed by atoms with E-state index < -0.39 is 0 Å². The summed E-state index contributed by atoms with van der Waals surface area (Å²) in [6, 6.07) is 1.93. The molecule has 0 aliphatic heterocycles. The average Bonchev–Trinajstić information content (AvgIpc) is 2.77. The average molecular weight is 253 g/mol. The van der Waals surface area contributed by atoms with Crippen molar-refractivity contribution in [3.05, 3.63) is 17.3 Å². The van der Waals surface area contributed by atoms with Crippen LogP contribution in [0.4, 0.5) is 5.82 Å². The monoisotopic (exact) mass is 253 g/mol. The van der Waals surface area contributed by atoms with Gasteiger partial charge in [-0.15, -0.1) is 11.3 Å². The van der Waals surface area contributed by atoms with Gasteiger partial charge in [0.1, 0.15) is 17.3 Å². The molecule has 0 unspecified atom stereocenters. The highest BCUT2D eigenvalue weighted by Gasteiger charge is 2.06. The van der Waals surface area contributed by atoms with Crippen molar-refractivity contribution in [3.8, 4) is 0 Å². The maximum atomic E-state index is 5.83. The molecule has 0 fully saturated rings. The highest BCUT2D eigenvalue weighted by Crippen LogP contribution is 2.22. The molecule has 0 atom stereocenters. The third-order valence-electron chi connectivity index (χ3n) is 2.21. The number of nitrogens with two attached hydrogens (primary N) is 1. The molecule has 92 valence electrons. The van der Waals surface area contributed by atoms with Gasteiger partial charge in [0.25, 0.3) is 0 Å². The van der Waals surface area contributed by atoms with Crippen molar-refractivity contribution in [1.82, 2.24) is 9.97 Å². The van der Waals surface area contributed by atoms with Gasteiger partial charge in [0.05, 0.1) is 18.6 Å². The Hall–Kier alpha value is -1.24. The Morgan fingerprint density at radius 3 is 2.94 bits per heavy atom. The minimum Gasteiger partial charge on any atom is -0.383 e. The van der Waals surface area contributed by atoms with E-state index in [1.807, 2.05) is 18.4 Å². The highest BCUT2D eigenvalue weighted by molar-refractivity contribution is 7.16. The molecule has 0 aliphatic rings. The van der Waals surface area contributed by atoms with Gasteiger partial charge in [0.15, 0.2) is 5.82 Å². The van der Waals surface area contributed by atoms with E-state index in [1.165, 1.54) is 0 Å². The zero-order valence-corrected chi connectivity index (χ0v) is 10.5. The third kappa shape index (κ3) is 3.12. The van der Waals surface area contributed by atoms with Crippen LogP contribution in [0.1, 0.15) is 12.7 Å². The predicted molar refractivity (Wildman–Crippen MR) is 68.0 cm³/mol. The summed E-state index contributed by atoms with van der Waals surface area (Å²) in [5, 5.41) is 2.86. The number of hydrogen-bond acceptors (Lipinski definition) is 6. The molecule has 2 aromatic heterocycles. The lowest BCUT2D eigenvalue weighted by molar-refractivity contribution is 0.0430. The SMILES string of the molecule is CCOCCOCc1nc(N)c2ccsc2n1. The minimum atomic E-state index is 0.366. The van der Waals surface area contributed by atoms with Crippen LogP contribution in [-0.4, -0.2) is 29.8 Å². The largest absolute Gasteiger partial charge is 0.383 e. The molecule has 0 spiro atoms. The van der Waals surface area contributed by atoms with Crippen molar-refractivity contribution >= 4 is 27.4 Å². The zero-order chi connectivity index (χ0) is 12.1. The topological polar surface area (TPSA) is 70.3 Å². The number of aromatic nitrogens is 2. The molecule has 0 saturated carbocycles. The zero-order valence-electron chi connectivity index (χ0n) is 9.68. The number of rotatable bonds is 6. The molecule has 6 heteroatoms. The minimum absolute atomic E-state index is 0.366. The van der Waals surface area contributed by atoms with E-state index in [9.17, 15) is 0 Å². The Bertz CT molecular complexity index is 487. The Kier molecular flexibility index (Phi) is 4.24. The van der Waals surface area contributed by atoms with E-state index in [0.29, 0.717) is 38.1 Å². The third-order valence-corrected chi connectivity index (χ3v) is 3.01. The van der Waals surface area contributed by atoms with Crippen LogP contribution in [0, 0.1) is 0 Å². The summed E-state index contributed by atoms with van der Waals surface area (Å²) in [6.07, 6.45) is 0. The standard InChI is InChI=1S/C11H15N3O2S/c1-2-15-4-5-16-7-9-13-10(12)8-3-6-17-11(8)14-9/h3,6H,2,4-5,7H2,1H3,(H2,12,13,14). The molecule has 2 heterocycles. The molecule has 2 N–H and O–H groups in total. The summed E-state index contributed by atoms with van der Waals surface area (Å²) >= 11 is 1.55. The second-order valence-electron chi connectivity index (χ2n) is 3.41. The first kappa shape index (κ1) is 12.2. The first-order valence-electron chi connectivity index (χ1n) is 5.46. The smallest absolute Gasteiger partial charge is 0.158 e.